The van der Waals surface area contributed by atoms with Gasteiger partial charge in [-0.15, -0.1) is 5.10 Å². The minimum Gasteiger partial charge on any atom is -0.307 e. The second-order valence-electron chi connectivity index (χ2n) is 3.69. The predicted molar refractivity (Wildman–Crippen MR) is 51.0 cm³/mol. The molecule has 0 radical (unpaired) electrons. The van der Waals surface area contributed by atoms with E-state index in [-0.39, 0.29) is 0 Å². The standard InChI is InChI=1S/C9H14N4/c1-6-2-3-8-7(4-6)5-9(11-10)13-12-8/h5-6H,2-4,10H2,1H3,(H,11,13). The van der Waals surface area contributed by atoms with Crippen molar-refractivity contribution >= 4 is 5.82 Å². The summed E-state index contributed by atoms with van der Waals surface area (Å²) < 4.78 is 0. The van der Waals surface area contributed by atoms with Gasteiger partial charge >= 0.3 is 0 Å². The second-order valence-corrected chi connectivity index (χ2v) is 3.69. The SMILES string of the molecule is CC1CCc2nnc(NN)cc2C1. The number of nitrogen functional groups attached to an aromatic ring is 1. The van der Waals surface area contributed by atoms with Crippen LogP contribution in [-0.4, -0.2) is 10.2 Å². The zero-order chi connectivity index (χ0) is 9.26. The van der Waals surface area contributed by atoms with Crippen molar-refractivity contribution in [2.24, 2.45) is 11.8 Å². The molecular weight excluding hydrogens is 164 g/mol. The summed E-state index contributed by atoms with van der Waals surface area (Å²) in [7, 11) is 0. The minimum absolute atomic E-state index is 0.660. The highest BCUT2D eigenvalue weighted by atomic mass is 15.3. The number of rotatable bonds is 1. The maximum absolute atomic E-state index is 5.27. The Labute approximate surface area is 77.5 Å². The lowest BCUT2D eigenvalue weighted by molar-refractivity contribution is 0.490. The number of hydrogen-bond acceptors (Lipinski definition) is 4. The van der Waals surface area contributed by atoms with E-state index >= 15 is 0 Å². The van der Waals surface area contributed by atoms with Crippen LogP contribution >= 0.6 is 0 Å². The fraction of sp³-hybridized carbons (Fsp3) is 0.556. The Hall–Kier alpha value is -1.16. The lowest BCUT2D eigenvalue weighted by atomic mass is 9.88. The normalized spacial score (nSPS) is 20.9. The molecule has 3 N–H and O–H groups in total. The van der Waals surface area contributed by atoms with Crippen molar-refractivity contribution in [2.45, 2.75) is 26.2 Å². The smallest absolute Gasteiger partial charge is 0.162 e. The number of nitrogens with one attached hydrogen (secondary N) is 1. The summed E-state index contributed by atoms with van der Waals surface area (Å²) >= 11 is 0. The van der Waals surface area contributed by atoms with Crippen molar-refractivity contribution in [2.75, 3.05) is 5.43 Å². The van der Waals surface area contributed by atoms with E-state index in [9.17, 15) is 0 Å². The monoisotopic (exact) mass is 178 g/mol. The molecule has 4 nitrogen and oxygen atoms in total. The number of aromatic nitrogens is 2. The van der Waals surface area contributed by atoms with Gasteiger partial charge in [-0.3, -0.25) is 0 Å². The third kappa shape index (κ3) is 1.62. The molecule has 0 bridgehead atoms. The van der Waals surface area contributed by atoms with Gasteiger partial charge in [0, 0.05) is 0 Å². The highest BCUT2D eigenvalue weighted by Crippen LogP contribution is 2.24. The van der Waals surface area contributed by atoms with Crippen LogP contribution in [0.3, 0.4) is 0 Å². The van der Waals surface area contributed by atoms with Crippen LogP contribution in [0.25, 0.3) is 0 Å². The van der Waals surface area contributed by atoms with Crippen LogP contribution in [0.2, 0.25) is 0 Å². The van der Waals surface area contributed by atoms with Gasteiger partial charge in [0.1, 0.15) is 0 Å². The summed E-state index contributed by atoms with van der Waals surface area (Å²) in [4.78, 5) is 0. The van der Waals surface area contributed by atoms with E-state index in [1.807, 2.05) is 6.07 Å². The molecule has 0 aliphatic heterocycles. The summed E-state index contributed by atoms with van der Waals surface area (Å²) in [5, 5.41) is 8.08. The van der Waals surface area contributed by atoms with E-state index in [0.717, 1.165) is 24.5 Å². The molecule has 1 atom stereocenters. The first-order chi connectivity index (χ1) is 6.29. The van der Waals surface area contributed by atoms with Gasteiger partial charge in [0.2, 0.25) is 0 Å². The predicted octanol–water partition coefficient (Wildman–Crippen LogP) is 0.887. The van der Waals surface area contributed by atoms with E-state index < -0.39 is 0 Å². The summed E-state index contributed by atoms with van der Waals surface area (Å²) in [5.41, 5.74) is 4.95. The Balaban J connectivity index is 2.32. The van der Waals surface area contributed by atoms with Crippen LogP contribution in [0.15, 0.2) is 6.07 Å². The molecule has 70 valence electrons. The van der Waals surface area contributed by atoms with Crippen LogP contribution in [-0.2, 0) is 12.8 Å². The van der Waals surface area contributed by atoms with Crippen LogP contribution in [0.1, 0.15) is 24.6 Å². The molecule has 0 spiro atoms. The van der Waals surface area contributed by atoms with E-state index in [4.69, 9.17) is 5.84 Å². The number of hydrogen-bond donors (Lipinski definition) is 2. The van der Waals surface area contributed by atoms with Gasteiger partial charge in [-0.2, -0.15) is 5.10 Å². The van der Waals surface area contributed by atoms with Gasteiger partial charge < -0.3 is 5.43 Å². The highest BCUT2D eigenvalue weighted by molar-refractivity contribution is 5.37. The average Bonchev–Trinajstić information content (AvgIpc) is 2.16. The first-order valence-electron chi connectivity index (χ1n) is 4.61. The number of hydrazine groups is 1. The number of fused-ring (bicyclic) bond motifs is 1. The van der Waals surface area contributed by atoms with E-state index in [1.165, 1.54) is 12.0 Å². The topological polar surface area (TPSA) is 63.8 Å². The molecule has 0 saturated heterocycles. The lowest BCUT2D eigenvalue weighted by Gasteiger charge is -2.19. The van der Waals surface area contributed by atoms with Crippen LogP contribution in [0, 0.1) is 5.92 Å². The maximum Gasteiger partial charge on any atom is 0.162 e. The average molecular weight is 178 g/mol. The van der Waals surface area contributed by atoms with E-state index in [0.29, 0.717) is 5.82 Å². The Morgan fingerprint density at radius 1 is 1.54 bits per heavy atom. The lowest BCUT2D eigenvalue weighted by Crippen LogP contribution is -2.16. The van der Waals surface area contributed by atoms with Crippen molar-refractivity contribution in [3.05, 3.63) is 17.3 Å². The summed E-state index contributed by atoms with van der Waals surface area (Å²) in [6.07, 6.45) is 3.37. The molecule has 1 unspecified atom stereocenters. The molecule has 1 aliphatic carbocycles. The first-order valence-corrected chi connectivity index (χ1v) is 4.61. The molecule has 1 aromatic heterocycles. The van der Waals surface area contributed by atoms with E-state index in [1.54, 1.807) is 0 Å². The van der Waals surface area contributed by atoms with Crippen molar-refractivity contribution in [1.82, 2.24) is 10.2 Å². The number of aryl methyl sites for hydroxylation is 1. The molecule has 0 amide bonds. The molecule has 0 saturated carbocycles. The maximum atomic E-state index is 5.27. The van der Waals surface area contributed by atoms with Gasteiger partial charge in [0.05, 0.1) is 5.69 Å². The Bertz CT molecular complexity index is 310. The third-order valence-corrected chi connectivity index (χ3v) is 2.55. The molecular formula is C9H14N4. The molecule has 1 aromatic rings. The second kappa shape index (κ2) is 3.30. The van der Waals surface area contributed by atoms with Crippen molar-refractivity contribution in [3.8, 4) is 0 Å². The Morgan fingerprint density at radius 3 is 3.15 bits per heavy atom. The molecule has 0 fully saturated rings. The van der Waals surface area contributed by atoms with Gasteiger partial charge in [-0.25, -0.2) is 5.84 Å². The van der Waals surface area contributed by atoms with Crippen LogP contribution in [0.4, 0.5) is 5.82 Å². The quantitative estimate of drug-likeness (QED) is 0.495. The van der Waals surface area contributed by atoms with Crippen molar-refractivity contribution in [3.63, 3.8) is 0 Å². The first kappa shape index (κ1) is 8.44. The summed E-state index contributed by atoms with van der Waals surface area (Å²) in [6, 6.07) is 2.00. The van der Waals surface area contributed by atoms with Crippen molar-refractivity contribution < 1.29 is 0 Å². The van der Waals surface area contributed by atoms with Crippen LogP contribution in [0.5, 0.6) is 0 Å². The zero-order valence-corrected chi connectivity index (χ0v) is 7.75. The largest absolute Gasteiger partial charge is 0.307 e. The highest BCUT2D eigenvalue weighted by Gasteiger charge is 2.16. The fourth-order valence-corrected chi connectivity index (χ4v) is 1.77. The van der Waals surface area contributed by atoms with Gasteiger partial charge in [0.25, 0.3) is 0 Å². The zero-order valence-electron chi connectivity index (χ0n) is 7.75. The summed E-state index contributed by atoms with van der Waals surface area (Å²) in [5.74, 6) is 6.68. The Morgan fingerprint density at radius 2 is 2.38 bits per heavy atom. The van der Waals surface area contributed by atoms with Gasteiger partial charge in [-0.05, 0) is 36.8 Å². The van der Waals surface area contributed by atoms with Crippen LogP contribution < -0.4 is 11.3 Å². The molecule has 1 heterocycles. The van der Waals surface area contributed by atoms with Crippen molar-refractivity contribution in [1.29, 1.82) is 0 Å². The molecule has 1 aliphatic rings. The van der Waals surface area contributed by atoms with Gasteiger partial charge in [0.15, 0.2) is 5.82 Å². The number of nitrogens with zero attached hydrogens (tertiary/aromatic N) is 2. The Kier molecular flexibility index (Phi) is 2.14. The molecule has 2 rings (SSSR count). The van der Waals surface area contributed by atoms with E-state index in [2.05, 4.69) is 22.5 Å². The fourth-order valence-electron chi connectivity index (χ4n) is 1.77. The number of anilines is 1. The minimum atomic E-state index is 0.660. The molecule has 4 heteroatoms. The molecule has 0 aromatic carbocycles. The molecule has 13 heavy (non-hydrogen) atoms. The summed E-state index contributed by atoms with van der Waals surface area (Å²) in [6.45, 7) is 2.26. The third-order valence-electron chi connectivity index (χ3n) is 2.55. The van der Waals surface area contributed by atoms with Gasteiger partial charge in [-0.1, -0.05) is 6.92 Å². The number of nitrogens with two attached hydrogens (primary N) is 1.